The Hall–Kier alpha value is -3.12. The Balaban J connectivity index is 1.36. The summed E-state index contributed by atoms with van der Waals surface area (Å²) in [4.78, 5) is 20.9. The van der Waals surface area contributed by atoms with Crippen molar-refractivity contribution in [1.82, 2.24) is 9.97 Å². The first-order chi connectivity index (χ1) is 13.6. The molecule has 2 aromatic heterocycles. The van der Waals surface area contributed by atoms with Gasteiger partial charge in [0.05, 0.1) is 6.20 Å². The van der Waals surface area contributed by atoms with E-state index in [1.165, 1.54) is 0 Å². The first-order valence-corrected chi connectivity index (χ1v) is 9.38. The summed E-state index contributed by atoms with van der Waals surface area (Å²) < 4.78 is 11.3. The van der Waals surface area contributed by atoms with Gasteiger partial charge in [-0.3, -0.25) is 4.79 Å². The molecule has 0 aliphatic heterocycles. The highest BCUT2D eigenvalue weighted by Crippen LogP contribution is 2.23. The lowest BCUT2D eigenvalue weighted by atomic mass is 10.2. The van der Waals surface area contributed by atoms with E-state index in [9.17, 15) is 4.79 Å². The number of hydrogen-bond donors (Lipinski definition) is 1. The number of nitrogens with zero attached hydrogens (tertiary/aromatic N) is 2. The number of fused-ring (bicyclic) bond motifs is 1. The zero-order chi connectivity index (χ0) is 19.5. The van der Waals surface area contributed by atoms with Crippen molar-refractivity contribution in [1.29, 1.82) is 0 Å². The lowest BCUT2D eigenvalue weighted by Crippen LogP contribution is -2.12. The van der Waals surface area contributed by atoms with Gasteiger partial charge in [0.1, 0.15) is 5.52 Å². The van der Waals surface area contributed by atoms with Gasteiger partial charge in [0.2, 0.25) is 5.91 Å². The van der Waals surface area contributed by atoms with Crippen molar-refractivity contribution in [2.45, 2.75) is 26.2 Å². The smallest absolute Gasteiger partial charge is 0.224 e. The molecule has 0 bridgehead atoms. The van der Waals surface area contributed by atoms with Crippen LogP contribution < -0.4 is 5.32 Å². The molecule has 2 aromatic carbocycles. The molecule has 0 fully saturated rings. The molecule has 0 aliphatic rings. The second kappa shape index (κ2) is 7.86. The molecular formula is C21H18ClN3O3. The van der Waals surface area contributed by atoms with E-state index in [1.54, 1.807) is 30.5 Å². The third-order valence-electron chi connectivity index (χ3n) is 4.27. The maximum Gasteiger partial charge on any atom is 0.224 e. The van der Waals surface area contributed by atoms with Crippen molar-refractivity contribution in [3.63, 3.8) is 0 Å². The third-order valence-corrected chi connectivity index (χ3v) is 4.52. The predicted molar refractivity (Wildman–Crippen MR) is 107 cm³/mol. The molecule has 7 heteroatoms. The molecule has 2 heterocycles. The van der Waals surface area contributed by atoms with Gasteiger partial charge >= 0.3 is 0 Å². The van der Waals surface area contributed by atoms with E-state index >= 15 is 0 Å². The van der Waals surface area contributed by atoms with Crippen LogP contribution in [0, 0.1) is 0 Å². The van der Waals surface area contributed by atoms with Gasteiger partial charge in [0.25, 0.3) is 0 Å². The Labute approximate surface area is 166 Å². The van der Waals surface area contributed by atoms with E-state index in [4.69, 9.17) is 20.4 Å². The summed E-state index contributed by atoms with van der Waals surface area (Å²) in [6.45, 7) is 1.98. The SMILES string of the molecule is CCc1nc2cc(NC(=O)CCc3ncc(-c4ccc(Cl)cc4)o3)ccc2o1. The summed E-state index contributed by atoms with van der Waals surface area (Å²) in [6.07, 6.45) is 3.05. The molecule has 28 heavy (non-hydrogen) atoms. The normalized spacial score (nSPS) is 11.1. The van der Waals surface area contributed by atoms with Crippen molar-refractivity contribution in [3.05, 3.63) is 65.5 Å². The van der Waals surface area contributed by atoms with Crippen LogP contribution in [-0.2, 0) is 17.6 Å². The van der Waals surface area contributed by atoms with Crippen molar-refractivity contribution < 1.29 is 13.6 Å². The minimum Gasteiger partial charge on any atom is -0.441 e. The fraction of sp³-hybridized carbons (Fsp3) is 0.190. The quantitative estimate of drug-likeness (QED) is 0.481. The van der Waals surface area contributed by atoms with Crippen LogP contribution in [0.2, 0.25) is 5.02 Å². The number of rotatable bonds is 6. The number of halogens is 1. The molecule has 0 radical (unpaired) electrons. The van der Waals surface area contributed by atoms with E-state index in [2.05, 4.69) is 15.3 Å². The van der Waals surface area contributed by atoms with Crippen molar-refractivity contribution >= 4 is 34.3 Å². The lowest BCUT2D eigenvalue weighted by Gasteiger charge is -2.03. The number of amides is 1. The summed E-state index contributed by atoms with van der Waals surface area (Å²) in [7, 11) is 0. The standard InChI is InChI=1S/C21H18ClN3O3/c1-2-20-25-16-11-15(7-8-17(16)27-20)24-19(26)9-10-21-23-12-18(28-21)13-3-5-14(22)6-4-13/h3-8,11-12H,2,9-10H2,1H3,(H,24,26). The number of aromatic nitrogens is 2. The molecular weight excluding hydrogens is 378 g/mol. The minimum absolute atomic E-state index is 0.121. The molecule has 142 valence electrons. The van der Waals surface area contributed by atoms with Gasteiger partial charge in [-0.2, -0.15) is 0 Å². The van der Waals surface area contributed by atoms with Crippen molar-refractivity contribution in [3.8, 4) is 11.3 Å². The molecule has 1 N–H and O–H groups in total. The molecule has 0 atom stereocenters. The molecule has 0 saturated heterocycles. The van der Waals surface area contributed by atoms with Gasteiger partial charge in [-0.25, -0.2) is 9.97 Å². The van der Waals surface area contributed by atoms with Crippen LogP contribution in [0.4, 0.5) is 5.69 Å². The second-order valence-corrected chi connectivity index (χ2v) is 6.75. The number of nitrogens with one attached hydrogen (secondary N) is 1. The van der Waals surface area contributed by atoms with Crippen LogP contribution in [0.5, 0.6) is 0 Å². The zero-order valence-corrected chi connectivity index (χ0v) is 16.0. The Morgan fingerprint density at radius 3 is 2.71 bits per heavy atom. The van der Waals surface area contributed by atoms with Gasteiger partial charge in [-0.05, 0) is 42.5 Å². The predicted octanol–water partition coefficient (Wildman–Crippen LogP) is 5.27. The van der Waals surface area contributed by atoms with Crippen molar-refractivity contribution in [2.75, 3.05) is 5.32 Å². The fourth-order valence-corrected chi connectivity index (χ4v) is 2.95. The van der Waals surface area contributed by atoms with E-state index in [0.29, 0.717) is 40.3 Å². The van der Waals surface area contributed by atoms with Gasteiger partial charge in [-0.15, -0.1) is 0 Å². The number of benzene rings is 2. The molecule has 0 spiro atoms. The van der Waals surface area contributed by atoms with Crippen LogP contribution in [0.1, 0.15) is 25.1 Å². The van der Waals surface area contributed by atoms with Crippen LogP contribution in [0.15, 0.2) is 57.5 Å². The first kappa shape index (κ1) is 18.3. The van der Waals surface area contributed by atoms with Gasteiger partial charge in [0, 0.05) is 35.5 Å². The average Bonchev–Trinajstić information content (AvgIpc) is 3.33. The second-order valence-electron chi connectivity index (χ2n) is 6.32. The number of anilines is 1. The van der Waals surface area contributed by atoms with Crippen LogP contribution in [-0.4, -0.2) is 15.9 Å². The van der Waals surface area contributed by atoms with E-state index in [0.717, 1.165) is 17.5 Å². The largest absolute Gasteiger partial charge is 0.441 e. The summed E-state index contributed by atoms with van der Waals surface area (Å²) in [6, 6.07) is 12.7. The molecule has 1 amide bonds. The van der Waals surface area contributed by atoms with Gasteiger partial charge in [-0.1, -0.05) is 18.5 Å². The highest BCUT2D eigenvalue weighted by Gasteiger charge is 2.11. The number of carbonyl (C=O) groups is 1. The zero-order valence-electron chi connectivity index (χ0n) is 15.2. The Kier molecular flexibility index (Phi) is 5.12. The van der Waals surface area contributed by atoms with Crippen LogP contribution in [0.3, 0.4) is 0 Å². The van der Waals surface area contributed by atoms with E-state index < -0.39 is 0 Å². The van der Waals surface area contributed by atoms with E-state index in [1.807, 2.05) is 25.1 Å². The van der Waals surface area contributed by atoms with Crippen LogP contribution in [0.25, 0.3) is 22.4 Å². The maximum absolute atomic E-state index is 12.3. The maximum atomic E-state index is 12.3. The summed E-state index contributed by atoms with van der Waals surface area (Å²) in [5, 5.41) is 3.53. The fourth-order valence-electron chi connectivity index (χ4n) is 2.82. The Morgan fingerprint density at radius 1 is 1.11 bits per heavy atom. The Bertz CT molecular complexity index is 1120. The van der Waals surface area contributed by atoms with Gasteiger partial charge in [0.15, 0.2) is 23.1 Å². The van der Waals surface area contributed by atoms with Gasteiger partial charge < -0.3 is 14.2 Å². The molecule has 6 nitrogen and oxygen atoms in total. The Morgan fingerprint density at radius 2 is 1.93 bits per heavy atom. The number of hydrogen-bond acceptors (Lipinski definition) is 5. The molecule has 0 unspecified atom stereocenters. The third kappa shape index (κ3) is 4.07. The monoisotopic (exact) mass is 395 g/mol. The number of oxazole rings is 2. The summed E-state index contributed by atoms with van der Waals surface area (Å²) in [5.41, 5.74) is 3.02. The van der Waals surface area contributed by atoms with Crippen LogP contribution >= 0.6 is 11.6 Å². The van der Waals surface area contributed by atoms with E-state index in [-0.39, 0.29) is 12.3 Å². The summed E-state index contributed by atoms with van der Waals surface area (Å²) >= 11 is 5.90. The van der Waals surface area contributed by atoms with Crippen molar-refractivity contribution in [2.24, 2.45) is 0 Å². The first-order valence-electron chi connectivity index (χ1n) is 9.00. The highest BCUT2D eigenvalue weighted by atomic mass is 35.5. The summed E-state index contributed by atoms with van der Waals surface area (Å²) in [5.74, 6) is 1.72. The number of carbonyl (C=O) groups excluding carboxylic acids is 1. The molecule has 0 aliphatic carbocycles. The molecule has 0 saturated carbocycles. The topological polar surface area (TPSA) is 81.2 Å². The number of aryl methyl sites for hydroxylation is 2. The highest BCUT2D eigenvalue weighted by molar-refractivity contribution is 6.30. The average molecular weight is 396 g/mol. The molecule has 4 aromatic rings. The minimum atomic E-state index is -0.121. The lowest BCUT2D eigenvalue weighted by molar-refractivity contribution is -0.116. The molecule has 4 rings (SSSR count).